The van der Waals surface area contributed by atoms with Crippen molar-refractivity contribution in [3.8, 4) is 0 Å². The van der Waals surface area contributed by atoms with Crippen LogP contribution in [-0.4, -0.2) is 6.54 Å². The van der Waals surface area contributed by atoms with Crippen molar-refractivity contribution in [1.29, 1.82) is 0 Å². The molecule has 0 aliphatic rings. The van der Waals surface area contributed by atoms with Crippen molar-refractivity contribution in [2.24, 2.45) is 0 Å². The topological polar surface area (TPSA) is 12.0 Å². The lowest BCUT2D eigenvalue weighted by molar-refractivity contribution is 0.466. The molecule has 1 N–H and O–H groups in total. The molecule has 0 saturated carbocycles. The molecule has 1 unspecified atom stereocenters. The monoisotopic (exact) mass is 313 g/mol. The summed E-state index contributed by atoms with van der Waals surface area (Å²) in [5.41, 5.74) is 0.145. The van der Waals surface area contributed by atoms with Crippen molar-refractivity contribution in [2.75, 3.05) is 6.54 Å². The van der Waals surface area contributed by atoms with Gasteiger partial charge in [0.15, 0.2) is 0 Å². The minimum Gasteiger partial charge on any atom is -0.310 e. The molecule has 2 aromatic rings. The summed E-state index contributed by atoms with van der Waals surface area (Å²) < 4.78 is 41.7. The van der Waals surface area contributed by atoms with Crippen LogP contribution in [0.15, 0.2) is 36.4 Å². The predicted molar refractivity (Wildman–Crippen MR) is 77.9 cm³/mol. The minimum atomic E-state index is -0.689. The van der Waals surface area contributed by atoms with E-state index in [4.69, 9.17) is 11.6 Å². The molecule has 0 spiro atoms. The lowest BCUT2D eigenvalue weighted by Gasteiger charge is -2.20. The van der Waals surface area contributed by atoms with Gasteiger partial charge in [-0.25, -0.2) is 13.2 Å². The number of hydrogen-bond acceptors (Lipinski definition) is 1. The maximum atomic E-state index is 13.9. The molecule has 0 saturated heterocycles. The normalized spacial score (nSPS) is 12.4. The molecule has 1 nitrogen and oxygen atoms in total. The van der Waals surface area contributed by atoms with Gasteiger partial charge in [-0.15, -0.1) is 0 Å². The summed E-state index contributed by atoms with van der Waals surface area (Å²) in [5, 5.41) is 3.22. The van der Waals surface area contributed by atoms with Crippen molar-refractivity contribution in [3.63, 3.8) is 0 Å². The maximum absolute atomic E-state index is 13.9. The molecule has 0 aromatic heterocycles. The van der Waals surface area contributed by atoms with E-state index < -0.39 is 23.5 Å². The zero-order chi connectivity index (χ0) is 15.4. The first-order valence-electron chi connectivity index (χ1n) is 6.64. The molecule has 2 aromatic carbocycles. The third-order valence-electron chi connectivity index (χ3n) is 3.27. The average Bonchev–Trinajstić information content (AvgIpc) is 2.42. The number of halogens is 4. The fraction of sp³-hybridized carbons (Fsp3) is 0.250. The van der Waals surface area contributed by atoms with Gasteiger partial charge in [0.25, 0.3) is 0 Å². The van der Waals surface area contributed by atoms with Crippen molar-refractivity contribution >= 4 is 11.6 Å². The van der Waals surface area contributed by atoms with Crippen LogP contribution in [0.1, 0.15) is 24.1 Å². The standard InChI is InChI=1S/C16H15ClF3N/c1-2-21-15(16-13(19)7-4-8-14(16)20)9-10-11(17)5-3-6-12(10)18/h3-8,15,21H,2,9H2,1H3. The van der Waals surface area contributed by atoms with Crippen molar-refractivity contribution in [1.82, 2.24) is 5.32 Å². The van der Waals surface area contributed by atoms with E-state index in [0.29, 0.717) is 6.54 Å². The molecule has 0 aliphatic carbocycles. The Kier molecular flexibility index (Phi) is 5.26. The number of hydrogen-bond donors (Lipinski definition) is 1. The second kappa shape index (κ2) is 6.96. The maximum Gasteiger partial charge on any atom is 0.130 e. The Balaban J connectivity index is 2.41. The van der Waals surface area contributed by atoms with E-state index in [1.807, 2.05) is 6.92 Å². The van der Waals surface area contributed by atoms with Crippen LogP contribution in [-0.2, 0) is 6.42 Å². The summed E-state index contributed by atoms with van der Waals surface area (Å²) >= 11 is 5.99. The third kappa shape index (κ3) is 3.57. The van der Waals surface area contributed by atoms with Crippen LogP contribution in [0.2, 0.25) is 5.02 Å². The van der Waals surface area contributed by atoms with E-state index in [9.17, 15) is 13.2 Å². The summed E-state index contributed by atoms with van der Waals surface area (Å²) in [6.45, 7) is 2.30. The van der Waals surface area contributed by atoms with Crippen LogP contribution in [0.25, 0.3) is 0 Å². The lowest BCUT2D eigenvalue weighted by Crippen LogP contribution is -2.25. The molecule has 0 amide bonds. The Hall–Kier alpha value is -1.52. The zero-order valence-electron chi connectivity index (χ0n) is 11.5. The fourth-order valence-electron chi connectivity index (χ4n) is 2.30. The summed E-state index contributed by atoms with van der Waals surface area (Å²) in [4.78, 5) is 0. The smallest absolute Gasteiger partial charge is 0.130 e. The Labute approximate surface area is 126 Å². The van der Waals surface area contributed by atoms with Gasteiger partial charge in [-0.1, -0.05) is 30.7 Å². The first-order chi connectivity index (χ1) is 10.0. The van der Waals surface area contributed by atoms with Gasteiger partial charge >= 0.3 is 0 Å². The third-order valence-corrected chi connectivity index (χ3v) is 3.62. The van der Waals surface area contributed by atoms with Crippen LogP contribution in [0.5, 0.6) is 0 Å². The Morgan fingerprint density at radius 2 is 1.57 bits per heavy atom. The van der Waals surface area contributed by atoms with E-state index in [0.717, 1.165) is 0 Å². The molecule has 21 heavy (non-hydrogen) atoms. The predicted octanol–water partition coefficient (Wildman–Crippen LogP) is 4.65. The second-order valence-corrected chi connectivity index (χ2v) is 5.06. The summed E-state index contributed by atoms with van der Waals surface area (Å²) in [5.74, 6) is -1.80. The molecule has 112 valence electrons. The SMILES string of the molecule is CCNC(Cc1c(F)cccc1Cl)c1c(F)cccc1F. The highest BCUT2D eigenvalue weighted by molar-refractivity contribution is 6.31. The van der Waals surface area contributed by atoms with Gasteiger partial charge in [-0.2, -0.15) is 0 Å². The molecule has 0 bridgehead atoms. The first-order valence-corrected chi connectivity index (χ1v) is 7.02. The first kappa shape index (κ1) is 15.9. The number of likely N-dealkylation sites (N-methyl/N-ethyl adjacent to an activating group) is 1. The van der Waals surface area contributed by atoms with Crippen LogP contribution in [0, 0.1) is 17.5 Å². The van der Waals surface area contributed by atoms with Gasteiger partial charge < -0.3 is 5.32 Å². The highest BCUT2D eigenvalue weighted by atomic mass is 35.5. The van der Waals surface area contributed by atoms with Crippen LogP contribution in [0.4, 0.5) is 13.2 Å². The summed E-state index contributed by atoms with van der Waals surface area (Å²) in [6.07, 6.45) is 0.0667. The molecular weight excluding hydrogens is 299 g/mol. The lowest BCUT2D eigenvalue weighted by atomic mass is 9.97. The van der Waals surface area contributed by atoms with Crippen molar-refractivity contribution in [2.45, 2.75) is 19.4 Å². The highest BCUT2D eigenvalue weighted by Crippen LogP contribution is 2.28. The molecule has 0 aliphatic heterocycles. The van der Waals surface area contributed by atoms with E-state index in [-0.39, 0.29) is 22.6 Å². The van der Waals surface area contributed by atoms with E-state index in [1.54, 1.807) is 6.07 Å². The van der Waals surface area contributed by atoms with E-state index >= 15 is 0 Å². The molecular formula is C16H15ClF3N. The van der Waals surface area contributed by atoms with Gasteiger partial charge in [-0.05, 0) is 37.2 Å². The average molecular weight is 314 g/mol. The van der Waals surface area contributed by atoms with Crippen molar-refractivity contribution < 1.29 is 13.2 Å². The van der Waals surface area contributed by atoms with E-state index in [1.165, 1.54) is 30.3 Å². The molecule has 1 atom stereocenters. The van der Waals surface area contributed by atoms with Crippen LogP contribution < -0.4 is 5.32 Å². The van der Waals surface area contributed by atoms with E-state index in [2.05, 4.69) is 5.32 Å². The second-order valence-electron chi connectivity index (χ2n) is 4.65. The van der Waals surface area contributed by atoms with Gasteiger partial charge in [0.05, 0.1) is 0 Å². The molecule has 5 heteroatoms. The van der Waals surface area contributed by atoms with Crippen LogP contribution in [0.3, 0.4) is 0 Å². The number of nitrogens with one attached hydrogen (secondary N) is 1. The Morgan fingerprint density at radius 1 is 1.00 bits per heavy atom. The molecule has 2 rings (SSSR count). The Morgan fingerprint density at radius 3 is 2.14 bits per heavy atom. The molecule has 0 heterocycles. The Bertz CT molecular complexity index is 590. The largest absolute Gasteiger partial charge is 0.310 e. The summed E-state index contributed by atoms with van der Waals surface area (Å²) in [7, 11) is 0. The van der Waals surface area contributed by atoms with Crippen LogP contribution >= 0.6 is 11.6 Å². The van der Waals surface area contributed by atoms with Gasteiger partial charge in [0, 0.05) is 22.2 Å². The van der Waals surface area contributed by atoms with Gasteiger partial charge in [-0.3, -0.25) is 0 Å². The number of benzene rings is 2. The minimum absolute atomic E-state index is 0.0667. The quantitative estimate of drug-likeness (QED) is 0.847. The van der Waals surface area contributed by atoms with Gasteiger partial charge in [0.2, 0.25) is 0 Å². The molecule has 0 fully saturated rings. The van der Waals surface area contributed by atoms with Crippen molar-refractivity contribution in [3.05, 3.63) is 70.0 Å². The summed E-state index contributed by atoms with van der Waals surface area (Å²) in [6, 6.07) is 7.31. The number of rotatable bonds is 5. The van der Waals surface area contributed by atoms with Gasteiger partial charge in [0.1, 0.15) is 17.5 Å². The zero-order valence-corrected chi connectivity index (χ0v) is 12.2. The molecule has 0 radical (unpaired) electrons. The fourth-order valence-corrected chi connectivity index (χ4v) is 2.54. The highest BCUT2D eigenvalue weighted by Gasteiger charge is 2.22.